The van der Waals surface area contributed by atoms with Crippen LogP contribution in [-0.4, -0.2) is 44.7 Å². The van der Waals surface area contributed by atoms with Gasteiger partial charge in [-0.25, -0.2) is 22.8 Å². The molecule has 1 fully saturated rings. The van der Waals surface area contributed by atoms with E-state index in [-0.39, 0.29) is 29.5 Å². The Labute approximate surface area is 195 Å². The largest absolute Gasteiger partial charge is 0.386 e. The third-order valence-electron chi connectivity index (χ3n) is 6.87. The van der Waals surface area contributed by atoms with Gasteiger partial charge in [0.2, 0.25) is 0 Å². The number of sulfone groups is 1. The van der Waals surface area contributed by atoms with Crippen molar-refractivity contribution >= 4 is 26.7 Å². The Kier molecular flexibility index (Phi) is 4.91. The molecule has 3 aromatic rings. The van der Waals surface area contributed by atoms with Gasteiger partial charge in [0.25, 0.3) is 0 Å². The van der Waals surface area contributed by atoms with Crippen LogP contribution in [0.25, 0.3) is 11.0 Å². The smallest absolute Gasteiger partial charge is 0.165 e. The highest BCUT2D eigenvalue weighted by molar-refractivity contribution is 7.93. The van der Waals surface area contributed by atoms with Gasteiger partial charge in [0.1, 0.15) is 39.9 Å². The van der Waals surface area contributed by atoms with Crippen LogP contribution in [0.5, 0.6) is 0 Å². The molecule has 0 unspecified atom stereocenters. The van der Waals surface area contributed by atoms with Crippen molar-refractivity contribution in [3.05, 3.63) is 59.2 Å². The van der Waals surface area contributed by atoms with E-state index in [1.54, 1.807) is 19.9 Å². The van der Waals surface area contributed by atoms with Gasteiger partial charge in [0.05, 0.1) is 28.7 Å². The minimum atomic E-state index is -3.69. The summed E-state index contributed by atoms with van der Waals surface area (Å²) in [7, 11) is -3.69. The standard InChI is InChI=1S/C23H22FN7O2S/c1-22(11-34(32,33)23(2,14-3-4-14)21(26)31-22)16-6-15(27-10-17(16)24)7-19-20-18(29-12-30-19)5-13(8-25)9-28-20/h5-6,9-10,12,14H,3-4,7,11H2,1-2H3,(H2,26,31)/t22-,23-/m0/s1. The van der Waals surface area contributed by atoms with Crippen molar-refractivity contribution in [1.82, 2.24) is 19.9 Å². The highest BCUT2D eigenvalue weighted by Gasteiger charge is 2.58. The van der Waals surface area contributed by atoms with Crippen molar-refractivity contribution < 1.29 is 12.8 Å². The fourth-order valence-electron chi connectivity index (χ4n) is 4.67. The number of hydrogen-bond donors (Lipinski definition) is 1. The second-order valence-corrected chi connectivity index (χ2v) is 11.6. The summed E-state index contributed by atoms with van der Waals surface area (Å²) in [5.74, 6) is -1.02. The Morgan fingerprint density at radius 1 is 1.18 bits per heavy atom. The van der Waals surface area contributed by atoms with Crippen molar-refractivity contribution in [2.24, 2.45) is 16.6 Å². The maximum atomic E-state index is 15.0. The normalized spacial score (nSPS) is 26.1. The van der Waals surface area contributed by atoms with E-state index in [0.29, 0.717) is 28.0 Å². The SMILES string of the molecule is C[C@@]1(c2cc(Cc3ncnc4cc(C#N)cnc34)ncc2F)CS(=O)(=O)[C@@](C)(C2CC2)C(N)=N1. The van der Waals surface area contributed by atoms with Crippen molar-refractivity contribution in [1.29, 1.82) is 5.26 Å². The lowest BCUT2D eigenvalue weighted by Crippen LogP contribution is -2.58. The average molecular weight is 480 g/mol. The number of aromatic nitrogens is 4. The van der Waals surface area contributed by atoms with Gasteiger partial charge in [-0.1, -0.05) is 0 Å². The van der Waals surface area contributed by atoms with Crippen molar-refractivity contribution in [2.45, 2.75) is 43.4 Å². The highest BCUT2D eigenvalue weighted by Crippen LogP contribution is 2.49. The number of nitriles is 1. The van der Waals surface area contributed by atoms with Crippen LogP contribution >= 0.6 is 0 Å². The molecule has 0 spiro atoms. The molecular weight excluding hydrogens is 457 g/mol. The first-order chi connectivity index (χ1) is 16.1. The molecule has 0 aromatic carbocycles. The number of hydrogen-bond acceptors (Lipinski definition) is 9. The topological polar surface area (TPSA) is 148 Å². The number of pyridine rings is 2. The zero-order valence-corrected chi connectivity index (χ0v) is 19.5. The molecule has 1 aliphatic heterocycles. The predicted molar refractivity (Wildman–Crippen MR) is 123 cm³/mol. The average Bonchev–Trinajstić information content (AvgIpc) is 3.64. The predicted octanol–water partition coefficient (Wildman–Crippen LogP) is 2.19. The van der Waals surface area contributed by atoms with Crippen LogP contribution < -0.4 is 5.73 Å². The lowest BCUT2D eigenvalue weighted by atomic mass is 9.92. The molecule has 5 rings (SSSR count). The molecule has 0 bridgehead atoms. The molecule has 0 radical (unpaired) electrons. The minimum Gasteiger partial charge on any atom is -0.386 e. The van der Waals surface area contributed by atoms with Gasteiger partial charge in [-0.2, -0.15) is 5.26 Å². The first-order valence-electron chi connectivity index (χ1n) is 10.8. The number of nitrogens with zero attached hydrogens (tertiary/aromatic N) is 6. The van der Waals surface area contributed by atoms with Gasteiger partial charge in [-0.15, -0.1) is 0 Å². The molecule has 1 saturated carbocycles. The van der Waals surface area contributed by atoms with E-state index in [1.165, 1.54) is 18.6 Å². The summed E-state index contributed by atoms with van der Waals surface area (Å²) < 4.78 is 40.4. The summed E-state index contributed by atoms with van der Waals surface area (Å²) in [6.07, 6.45) is 5.63. The van der Waals surface area contributed by atoms with E-state index in [0.717, 1.165) is 19.0 Å². The number of nitrogens with two attached hydrogens (primary N) is 1. The molecular formula is C23H22FN7O2S. The van der Waals surface area contributed by atoms with Gasteiger partial charge in [0.15, 0.2) is 9.84 Å². The van der Waals surface area contributed by atoms with Gasteiger partial charge in [0, 0.05) is 23.9 Å². The van der Waals surface area contributed by atoms with Crippen LogP contribution in [0.4, 0.5) is 4.39 Å². The Balaban J connectivity index is 1.55. The fraction of sp³-hybridized carbons (Fsp3) is 0.391. The van der Waals surface area contributed by atoms with Gasteiger partial charge >= 0.3 is 0 Å². The number of amidine groups is 1. The van der Waals surface area contributed by atoms with E-state index < -0.39 is 25.9 Å². The van der Waals surface area contributed by atoms with Crippen LogP contribution in [-0.2, 0) is 21.8 Å². The molecule has 2 atom stereocenters. The quantitative estimate of drug-likeness (QED) is 0.599. The van der Waals surface area contributed by atoms with Crippen LogP contribution in [0.15, 0.2) is 35.8 Å². The van der Waals surface area contributed by atoms with Crippen LogP contribution in [0.3, 0.4) is 0 Å². The molecule has 174 valence electrons. The van der Waals surface area contributed by atoms with Crippen molar-refractivity contribution in [2.75, 3.05) is 5.75 Å². The van der Waals surface area contributed by atoms with E-state index >= 15 is 0 Å². The molecule has 1 aliphatic carbocycles. The van der Waals surface area contributed by atoms with Crippen LogP contribution in [0.1, 0.15) is 49.2 Å². The molecule has 11 heteroatoms. The van der Waals surface area contributed by atoms with Gasteiger partial charge in [-0.3, -0.25) is 15.0 Å². The van der Waals surface area contributed by atoms with Crippen LogP contribution in [0.2, 0.25) is 0 Å². The van der Waals surface area contributed by atoms with E-state index in [4.69, 9.17) is 11.0 Å². The molecule has 3 aromatic heterocycles. The second-order valence-electron chi connectivity index (χ2n) is 9.27. The lowest BCUT2D eigenvalue weighted by Gasteiger charge is -2.40. The maximum Gasteiger partial charge on any atom is 0.165 e. The molecule has 2 aliphatic rings. The van der Waals surface area contributed by atoms with Gasteiger partial charge in [-0.05, 0) is 44.7 Å². The molecule has 4 heterocycles. The Morgan fingerprint density at radius 3 is 2.62 bits per heavy atom. The summed E-state index contributed by atoms with van der Waals surface area (Å²) in [6, 6.07) is 5.14. The first kappa shape index (κ1) is 22.3. The molecule has 9 nitrogen and oxygen atoms in total. The van der Waals surface area contributed by atoms with Crippen molar-refractivity contribution in [3.63, 3.8) is 0 Å². The molecule has 34 heavy (non-hydrogen) atoms. The summed E-state index contributed by atoms with van der Waals surface area (Å²) in [6.45, 7) is 3.20. The molecule has 2 N–H and O–H groups in total. The number of fused-ring (bicyclic) bond motifs is 1. The van der Waals surface area contributed by atoms with E-state index in [1.807, 2.05) is 6.07 Å². The summed E-state index contributed by atoms with van der Waals surface area (Å²) >= 11 is 0. The Morgan fingerprint density at radius 2 is 1.94 bits per heavy atom. The molecule has 0 saturated heterocycles. The van der Waals surface area contributed by atoms with Crippen LogP contribution in [0, 0.1) is 23.1 Å². The number of aliphatic imine (C=N–C) groups is 1. The van der Waals surface area contributed by atoms with Gasteiger partial charge < -0.3 is 5.73 Å². The number of rotatable bonds is 4. The van der Waals surface area contributed by atoms with Crippen molar-refractivity contribution in [3.8, 4) is 6.07 Å². The van der Waals surface area contributed by atoms with E-state index in [9.17, 15) is 12.8 Å². The number of halogens is 1. The summed E-state index contributed by atoms with van der Waals surface area (Å²) in [4.78, 5) is 21.5. The summed E-state index contributed by atoms with van der Waals surface area (Å²) in [5.41, 5.74) is 7.35. The zero-order chi connectivity index (χ0) is 24.3. The fourth-order valence-corrected chi connectivity index (χ4v) is 7.04. The zero-order valence-electron chi connectivity index (χ0n) is 18.7. The third-order valence-corrected chi connectivity index (χ3v) is 9.65. The maximum absolute atomic E-state index is 15.0. The highest BCUT2D eigenvalue weighted by atomic mass is 32.2. The Bertz CT molecular complexity index is 1510. The lowest BCUT2D eigenvalue weighted by molar-refractivity contribution is 0.461. The Hall–Kier alpha value is -3.52. The van der Waals surface area contributed by atoms with E-state index in [2.05, 4.69) is 24.9 Å². The second kappa shape index (κ2) is 7.50. The first-order valence-corrected chi connectivity index (χ1v) is 12.5. The third kappa shape index (κ3) is 3.40. The molecule has 0 amide bonds. The summed E-state index contributed by atoms with van der Waals surface area (Å²) in [5, 5.41) is 9.09. The monoisotopic (exact) mass is 479 g/mol. The minimum absolute atomic E-state index is 0.0285.